The van der Waals surface area contributed by atoms with Crippen LogP contribution in [0.3, 0.4) is 0 Å². The minimum atomic E-state index is -0.0400. The highest BCUT2D eigenvalue weighted by atomic mass is 16.5. The molecule has 2 atom stereocenters. The summed E-state index contributed by atoms with van der Waals surface area (Å²) in [6.45, 7) is 20.2. The third-order valence-electron chi connectivity index (χ3n) is 17.1. The van der Waals surface area contributed by atoms with Crippen LogP contribution in [0.1, 0.15) is 363 Å². The number of amides is 2. The van der Waals surface area contributed by atoms with E-state index in [4.69, 9.17) is 9.47 Å². The SMILES string of the molecule is CCCCCCCCC(CCCCCC)COC(=O)CCCCCN(CCCCCC)C(=O)CCCCCCN(C)CCCCCCC(=O)N(CCCCCC)CCCCCC(=O)OCC(CCCCCC)CCCCCCCC. The Morgan fingerprint density at radius 3 is 0.825 bits per heavy atom. The molecule has 0 aromatic carbocycles. The fraction of sp³-hybridized carbons (Fsp3) is 0.944. The van der Waals surface area contributed by atoms with Crippen molar-refractivity contribution >= 4 is 23.8 Å². The van der Waals surface area contributed by atoms with Gasteiger partial charge in [0, 0.05) is 51.9 Å². The van der Waals surface area contributed by atoms with Gasteiger partial charge in [0.25, 0.3) is 0 Å². The van der Waals surface area contributed by atoms with Crippen molar-refractivity contribution in [3.63, 3.8) is 0 Å². The van der Waals surface area contributed by atoms with E-state index >= 15 is 0 Å². The maximum atomic E-state index is 13.4. The van der Waals surface area contributed by atoms with Crippen LogP contribution < -0.4 is 0 Å². The molecule has 9 nitrogen and oxygen atoms in total. The molecule has 0 fully saturated rings. The van der Waals surface area contributed by atoms with Gasteiger partial charge in [-0.15, -0.1) is 0 Å². The number of unbranched alkanes of at least 4 members (excludes halogenated alkanes) is 32. The molecular formula is C71H139N3O6. The van der Waals surface area contributed by atoms with Gasteiger partial charge in [0.1, 0.15) is 0 Å². The molecular weight excluding hydrogens is 991 g/mol. The zero-order valence-corrected chi connectivity index (χ0v) is 55.0. The maximum Gasteiger partial charge on any atom is 0.305 e. The molecule has 0 saturated carbocycles. The van der Waals surface area contributed by atoms with Gasteiger partial charge < -0.3 is 24.2 Å². The highest BCUT2D eigenvalue weighted by Gasteiger charge is 2.17. The summed E-state index contributed by atoms with van der Waals surface area (Å²) in [7, 11) is 2.24. The molecule has 0 rings (SSSR count). The van der Waals surface area contributed by atoms with Crippen LogP contribution in [0.25, 0.3) is 0 Å². The Labute approximate surface area is 498 Å². The van der Waals surface area contributed by atoms with E-state index in [0.29, 0.717) is 62.5 Å². The molecule has 0 radical (unpaired) electrons. The molecule has 80 heavy (non-hydrogen) atoms. The monoisotopic (exact) mass is 1130 g/mol. The van der Waals surface area contributed by atoms with Crippen LogP contribution in [0.4, 0.5) is 0 Å². The Bertz CT molecular complexity index is 1250. The summed E-state index contributed by atoms with van der Waals surface area (Å²) in [5.41, 5.74) is 0. The highest BCUT2D eigenvalue weighted by Crippen LogP contribution is 2.22. The first-order valence-corrected chi connectivity index (χ1v) is 35.7. The Morgan fingerprint density at radius 2 is 0.500 bits per heavy atom. The van der Waals surface area contributed by atoms with E-state index in [2.05, 4.69) is 63.3 Å². The molecule has 2 unspecified atom stereocenters. The molecule has 0 spiro atoms. The van der Waals surface area contributed by atoms with Crippen LogP contribution in [0.5, 0.6) is 0 Å². The van der Waals surface area contributed by atoms with Crippen molar-refractivity contribution in [3.05, 3.63) is 0 Å². The van der Waals surface area contributed by atoms with Crippen molar-refractivity contribution < 1.29 is 28.7 Å². The predicted molar refractivity (Wildman–Crippen MR) is 344 cm³/mol. The number of carbonyl (C=O) groups excluding carboxylic acids is 4. The average Bonchev–Trinajstić information content (AvgIpc) is 3.45. The third kappa shape index (κ3) is 52.6. The zero-order chi connectivity index (χ0) is 58.6. The van der Waals surface area contributed by atoms with Crippen molar-refractivity contribution in [1.82, 2.24) is 14.7 Å². The van der Waals surface area contributed by atoms with Crippen LogP contribution in [-0.4, -0.2) is 98.0 Å². The van der Waals surface area contributed by atoms with Gasteiger partial charge in [-0.05, 0) is 122 Å². The topological polar surface area (TPSA) is 96.5 Å². The summed E-state index contributed by atoms with van der Waals surface area (Å²) >= 11 is 0. The van der Waals surface area contributed by atoms with Crippen LogP contribution in [0.2, 0.25) is 0 Å². The van der Waals surface area contributed by atoms with Gasteiger partial charge in [0.05, 0.1) is 13.2 Å². The minimum Gasteiger partial charge on any atom is -0.465 e. The largest absolute Gasteiger partial charge is 0.465 e. The number of hydrogen-bond acceptors (Lipinski definition) is 7. The molecule has 0 saturated heterocycles. The lowest BCUT2D eigenvalue weighted by Gasteiger charge is -2.23. The van der Waals surface area contributed by atoms with Crippen molar-refractivity contribution in [2.45, 2.75) is 363 Å². The molecule has 2 amide bonds. The van der Waals surface area contributed by atoms with Crippen LogP contribution in [0, 0.1) is 11.8 Å². The molecule has 0 aliphatic rings. The van der Waals surface area contributed by atoms with Gasteiger partial charge in [-0.1, -0.05) is 247 Å². The predicted octanol–water partition coefficient (Wildman–Crippen LogP) is 20.5. The summed E-state index contributed by atoms with van der Waals surface area (Å²) in [6.07, 6.45) is 56.5. The van der Waals surface area contributed by atoms with E-state index in [1.54, 1.807) is 0 Å². The van der Waals surface area contributed by atoms with Gasteiger partial charge in [-0.3, -0.25) is 19.2 Å². The van der Waals surface area contributed by atoms with Crippen LogP contribution in [-0.2, 0) is 28.7 Å². The number of nitrogens with zero attached hydrogens (tertiary/aromatic N) is 3. The fourth-order valence-corrected chi connectivity index (χ4v) is 11.5. The van der Waals surface area contributed by atoms with E-state index in [0.717, 1.165) is 142 Å². The van der Waals surface area contributed by atoms with Crippen molar-refractivity contribution in [2.75, 3.05) is 59.5 Å². The van der Waals surface area contributed by atoms with Gasteiger partial charge >= 0.3 is 11.9 Å². The van der Waals surface area contributed by atoms with Crippen molar-refractivity contribution in [3.8, 4) is 0 Å². The lowest BCUT2D eigenvalue weighted by Crippen LogP contribution is -2.32. The second-order valence-corrected chi connectivity index (χ2v) is 25.0. The Morgan fingerprint density at radius 1 is 0.275 bits per heavy atom. The van der Waals surface area contributed by atoms with E-state index < -0.39 is 0 Å². The second-order valence-electron chi connectivity index (χ2n) is 25.0. The number of ether oxygens (including phenoxy) is 2. The average molecular weight is 1130 g/mol. The normalized spacial score (nSPS) is 12.3. The van der Waals surface area contributed by atoms with Crippen molar-refractivity contribution in [1.29, 1.82) is 0 Å². The second kappa shape index (κ2) is 61.4. The molecule has 9 heteroatoms. The quantitative estimate of drug-likeness (QED) is 0.0442. The van der Waals surface area contributed by atoms with Crippen molar-refractivity contribution in [2.24, 2.45) is 11.8 Å². The number of esters is 2. The summed E-state index contributed by atoms with van der Waals surface area (Å²) in [4.78, 5) is 59.1. The van der Waals surface area contributed by atoms with E-state index in [1.165, 1.54) is 193 Å². The van der Waals surface area contributed by atoms with E-state index in [-0.39, 0.29) is 11.9 Å². The zero-order valence-electron chi connectivity index (χ0n) is 55.0. The summed E-state index contributed by atoms with van der Waals surface area (Å²) in [5.74, 6) is 1.55. The summed E-state index contributed by atoms with van der Waals surface area (Å²) < 4.78 is 11.7. The highest BCUT2D eigenvalue weighted by molar-refractivity contribution is 5.76. The van der Waals surface area contributed by atoms with Gasteiger partial charge in [0.15, 0.2) is 0 Å². The van der Waals surface area contributed by atoms with Crippen LogP contribution in [0.15, 0.2) is 0 Å². The molecule has 474 valence electrons. The molecule has 0 heterocycles. The number of carbonyl (C=O) groups is 4. The van der Waals surface area contributed by atoms with E-state index in [1.807, 2.05) is 0 Å². The fourth-order valence-electron chi connectivity index (χ4n) is 11.5. The number of rotatable bonds is 64. The Kier molecular flexibility index (Phi) is 59.7. The number of hydrogen-bond donors (Lipinski definition) is 0. The minimum absolute atomic E-state index is 0.0400. The smallest absolute Gasteiger partial charge is 0.305 e. The molecule has 0 bridgehead atoms. The van der Waals surface area contributed by atoms with Gasteiger partial charge in [-0.2, -0.15) is 0 Å². The maximum absolute atomic E-state index is 13.4. The molecule has 0 N–H and O–H groups in total. The first-order chi connectivity index (χ1) is 39.1. The summed E-state index contributed by atoms with van der Waals surface area (Å²) in [5, 5.41) is 0. The standard InChI is InChI=1S/C71H139N3O6/c1-8-14-20-26-28-38-52-66(50-36-22-16-10-3)64-79-70(77)56-42-34-48-62-73(60-46-24-18-12-5)68(75)54-40-30-32-44-58-72(7)59-45-33-31-41-55-69(76)74(61-47-25-19-13-6)63-49-35-43-57-71(78)80-65-67(51-37-23-17-11-4)53-39-29-27-21-15-9-2/h66-67H,8-65H2,1-7H3. The first kappa shape index (κ1) is 77.8. The third-order valence-corrected chi connectivity index (χ3v) is 17.1. The molecule has 0 aromatic rings. The van der Waals surface area contributed by atoms with Crippen LogP contribution >= 0.6 is 0 Å². The summed E-state index contributed by atoms with van der Waals surface area (Å²) in [6, 6.07) is 0. The molecule has 0 aliphatic carbocycles. The Hall–Kier alpha value is -2.16. The lowest BCUT2D eigenvalue weighted by atomic mass is 9.95. The first-order valence-electron chi connectivity index (χ1n) is 35.7. The van der Waals surface area contributed by atoms with Gasteiger partial charge in [0.2, 0.25) is 11.8 Å². The molecule has 0 aromatic heterocycles. The van der Waals surface area contributed by atoms with Gasteiger partial charge in [-0.25, -0.2) is 0 Å². The van der Waals surface area contributed by atoms with E-state index in [9.17, 15) is 19.2 Å². The lowest BCUT2D eigenvalue weighted by molar-refractivity contribution is -0.146. The molecule has 0 aliphatic heterocycles. The Balaban J connectivity index is 4.51.